The van der Waals surface area contributed by atoms with Crippen molar-refractivity contribution >= 4 is 50.4 Å². The highest BCUT2D eigenvalue weighted by Gasteiger charge is 2.21. The molecule has 2 aromatic heterocycles. The van der Waals surface area contributed by atoms with Gasteiger partial charge >= 0.3 is 0 Å². The molecule has 1 N–H and O–H groups in total. The lowest BCUT2D eigenvalue weighted by molar-refractivity contribution is -0.116. The highest BCUT2D eigenvalue weighted by molar-refractivity contribution is 7.18. The summed E-state index contributed by atoms with van der Waals surface area (Å²) in [5.41, 5.74) is 2.83. The number of piperazine rings is 1. The number of hydrogen-bond donors (Lipinski definition) is 1. The predicted molar refractivity (Wildman–Crippen MR) is 135 cm³/mol. The summed E-state index contributed by atoms with van der Waals surface area (Å²) in [7, 11) is 2.11. The first-order chi connectivity index (χ1) is 16.0. The van der Waals surface area contributed by atoms with E-state index in [2.05, 4.69) is 27.1 Å². The Bertz CT molecular complexity index is 1250. The minimum atomic E-state index is -0.146. The molecule has 0 saturated carbocycles. The van der Waals surface area contributed by atoms with Gasteiger partial charge in [-0.25, -0.2) is 4.98 Å². The van der Waals surface area contributed by atoms with Crippen LogP contribution in [0.2, 0.25) is 5.02 Å². The summed E-state index contributed by atoms with van der Waals surface area (Å²) >= 11 is 7.87. The fourth-order valence-electron chi connectivity index (χ4n) is 4.71. The molecule has 0 bridgehead atoms. The monoisotopic (exact) mass is 485 g/mol. The number of aryl methyl sites for hydroxylation is 3. The summed E-state index contributed by atoms with van der Waals surface area (Å²) in [4.78, 5) is 37.2. The summed E-state index contributed by atoms with van der Waals surface area (Å²) in [5.74, 6) is -0.146. The zero-order valence-corrected chi connectivity index (χ0v) is 20.3. The number of fused-ring (bicyclic) bond motifs is 3. The molecule has 1 fully saturated rings. The van der Waals surface area contributed by atoms with Gasteiger partial charge < -0.3 is 15.1 Å². The molecule has 9 heteroatoms. The molecule has 1 saturated heterocycles. The van der Waals surface area contributed by atoms with Crippen LogP contribution in [0.1, 0.15) is 29.7 Å². The highest BCUT2D eigenvalue weighted by Crippen LogP contribution is 2.33. The van der Waals surface area contributed by atoms with E-state index in [0.717, 1.165) is 61.3 Å². The SMILES string of the molecule is CN1CCN(c2ccc(Cl)cc2NC(=O)CCn2cnc3sc4c(c3c2=O)CCCC4)CC1. The van der Waals surface area contributed by atoms with Crippen molar-refractivity contribution in [3.63, 3.8) is 0 Å². The Kier molecular flexibility index (Phi) is 6.40. The molecular formula is C24H28ClN5O2S. The second-order valence-corrected chi connectivity index (χ2v) is 10.4. The van der Waals surface area contributed by atoms with E-state index < -0.39 is 0 Å². The zero-order valence-electron chi connectivity index (χ0n) is 18.8. The summed E-state index contributed by atoms with van der Waals surface area (Å²) in [6, 6.07) is 5.61. The van der Waals surface area contributed by atoms with E-state index in [1.165, 1.54) is 16.9 Å². The van der Waals surface area contributed by atoms with Crippen LogP contribution in [0.15, 0.2) is 29.3 Å². The number of hydrogen-bond acceptors (Lipinski definition) is 6. The van der Waals surface area contributed by atoms with Crippen LogP contribution in [0.3, 0.4) is 0 Å². The topological polar surface area (TPSA) is 70.5 Å². The number of amides is 1. The summed E-state index contributed by atoms with van der Waals surface area (Å²) in [6.07, 6.45) is 6.04. The third-order valence-corrected chi connectivity index (χ3v) is 8.03. The van der Waals surface area contributed by atoms with Gasteiger partial charge in [-0.05, 0) is 56.5 Å². The Morgan fingerprint density at radius 1 is 1.18 bits per heavy atom. The molecule has 1 aliphatic heterocycles. The fraction of sp³-hybridized carbons (Fsp3) is 0.458. The van der Waals surface area contributed by atoms with Crippen molar-refractivity contribution in [1.29, 1.82) is 0 Å². The summed E-state index contributed by atoms with van der Waals surface area (Å²) in [5, 5.41) is 4.35. The van der Waals surface area contributed by atoms with Crippen LogP contribution in [0.25, 0.3) is 10.2 Å². The quantitative estimate of drug-likeness (QED) is 0.595. The summed E-state index contributed by atoms with van der Waals surface area (Å²) < 4.78 is 1.57. The number of carbonyl (C=O) groups excluding carboxylic acids is 1. The van der Waals surface area contributed by atoms with E-state index in [1.807, 2.05) is 12.1 Å². The van der Waals surface area contributed by atoms with Crippen LogP contribution in [0.5, 0.6) is 0 Å². The molecule has 1 aliphatic carbocycles. The van der Waals surface area contributed by atoms with Crippen LogP contribution >= 0.6 is 22.9 Å². The molecule has 33 heavy (non-hydrogen) atoms. The number of halogens is 1. The average molecular weight is 486 g/mol. The molecule has 3 heterocycles. The minimum absolute atomic E-state index is 0.0342. The molecule has 0 atom stereocenters. The Balaban J connectivity index is 1.30. The Morgan fingerprint density at radius 2 is 1.97 bits per heavy atom. The highest BCUT2D eigenvalue weighted by atomic mass is 35.5. The smallest absolute Gasteiger partial charge is 0.262 e. The first-order valence-corrected chi connectivity index (χ1v) is 12.7. The number of benzene rings is 1. The third kappa shape index (κ3) is 4.65. The molecule has 5 rings (SSSR count). The summed E-state index contributed by atoms with van der Waals surface area (Å²) in [6.45, 7) is 4.03. The van der Waals surface area contributed by atoms with Crippen molar-refractivity contribution in [3.05, 3.63) is 50.3 Å². The van der Waals surface area contributed by atoms with Gasteiger partial charge in [0.2, 0.25) is 5.91 Å². The molecule has 0 unspecified atom stereocenters. The average Bonchev–Trinajstić information content (AvgIpc) is 3.19. The Morgan fingerprint density at radius 3 is 2.79 bits per heavy atom. The van der Waals surface area contributed by atoms with E-state index in [0.29, 0.717) is 17.3 Å². The van der Waals surface area contributed by atoms with E-state index in [-0.39, 0.29) is 17.9 Å². The van der Waals surface area contributed by atoms with E-state index in [9.17, 15) is 9.59 Å². The van der Waals surface area contributed by atoms with Gasteiger partial charge in [0.15, 0.2) is 0 Å². The molecule has 2 aliphatic rings. The number of aromatic nitrogens is 2. The number of nitrogens with one attached hydrogen (secondary N) is 1. The normalized spacial score (nSPS) is 16.7. The second kappa shape index (κ2) is 9.44. The Hall–Kier alpha value is -2.42. The van der Waals surface area contributed by atoms with Gasteiger partial charge in [-0.1, -0.05) is 11.6 Å². The molecule has 0 radical (unpaired) electrons. The number of likely N-dealkylation sites (N-methyl/N-ethyl adjacent to an activating group) is 1. The number of anilines is 2. The number of nitrogens with zero attached hydrogens (tertiary/aromatic N) is 4. The van der Waals surface area contributed by atoms with Gasteiger partial charge in [0.1, 0.15) is 4.83 Å². The maximum atomic E-state index is 13.1. The number of rotatable bonds is 5. The van der Waals surface area contributed by atoms with E-state index in [4.69, 9.17) is 11.6 Å². The van der Waals surface area contributed by atoms with E-state index >= 15 is 0 Å². The maximum absolute atomic E-state index is 13.1. The third-order valence-electron chi connectivity index (χ3n) is 6.60. The van der Waals surface area contributed by atoms with Crippen LogP contribution in [-0.4, -0.2) is 53.6 Å². The molecule has 0 spiro atoms. The molecule has 1 amide bonds. The first kappa shape index (κ1) is 22.4. The second-order valence-electron chi connectivity index (χ2n) is 8.88. The lowest BCUT2D eigenvalue weighted by Crippen LogP contribution is -2.44. The standard InChI is InChI=1S/C24H28ClN5O2S/c1-28-10-12-29(13-11-28)19-7-6-16(25)14-18(19)27-21(31)8-9-30-15-26-23-22(24(30)32)17-4-2-3-5-20(17)33-23/h6-7,14-15H,2-5,8-13H2,1H3,(H,27,31). The number of carbonyl (C=O) groups is 1. The van der Waals surface area contributed by atoms with Crippen LogP contribution in [0.4, 0.5) is 11.4 Å². The first-order valence-electron chi connectivity index (χ1n) is 11.5. The van der Waals surface area contributed by atoms with Crippen molar-refractivity contribution in [2.24, 2.45) is 0 Å². The van der Waals surface area contributed by atoms with Gasteiger partial charge in [0.05, 0.1) is 23.1 Å². The van der Waals surface area contributed by atoms with Crippen molar-refractivity contribution in [2.45, 2.75) is 38.6 Å². The van der Waals surface area contributed by atoms with Gasteiger partial charge in [0, 0.05) is 49.0 Å². The lowest BCUT2D eigenvalue weighted by atomic mass is 9.97. The van der Waals surface area contributed by atoms with Crippen LogP contribution in [0, 0.1) is 0 Å². The molecule has 7 nitrogen and oxygen atoms in total. The Labute approximate surface area is 202 Å². The van der Waals surface area contributed by atoms with Crippen LogP contribution in [-0.2, 0) is 24.2 Å². The largest absolute Gasteiger partial charge is 0.367 e. The molecule has 3 aromatic rings. The van der Waals surface area contributed by atoms with Gasteiger partial charge in [-0.3, -0.25) is 14.2 Å². The van der Waals surface area contributed by atoms with Crippen molar-refractivity contribution in [2.75, 3.05) is 43.4 Å². The fourth-order valence-corrected chi connectivity index (χ4v) is 6.10. The zero-order chi connectivity index (χ0) is 22.9. The van der Waals surface area contributed by atoms with Gasteiger partial charge in [-0.2, -0.15) is 0 Å². The number of thiophene rings is 1. The van der Waals surface area contributed by atoms with Crippen molar-refractivity contribution in [3.8, 4) is 0 Å². The molecule has 174 valence electrons. The van der Waals surface area contributed by atoms with Crippen molar-refractivity contribution < 1.29 is 4.79 Å². The van der Waals surface area contributed by atoms with Gasteiger partial charge in [-0.15, -0.1) is 11.3 Å². The van der Waals surface area contributed by atoms with Gasteiger partial charge in [0.25, 0.3) is 5.56 Å². The van der Waals surface area contributed by atoms with Crippen molar-refractivity contribution in [1.82, 2.24) is 14.5 Å². The maximum Gasteiger partial charge on any atom is 0.262 e. The van der Waals surface area contributed by atoms with Crippen LogP contribution < -0.4 is 15.8 Å². The minimum Gasteiger partial charge on any atom is -0.367 e. The molecule has 1 aromatic carbocycles. The molecular weight excluding hydrogens is 458 g/mol. The predicted octanol–water partition coefficient (Wildman–Crippen LogP) is 3.77. The van der Waals surface area contributed by atoms with E-state index in [1.54, 1.807) is 28.3 Å². The lowest BCUT2D eigenvalue weighted by Gasteiger charge is -2.35.